The van der Waals surface area contributed by atoms with E-state index in [1.54, 1.807) is 0 Å². The van der Waals surface area contributed by atoms with Gasteiger partial charge in [-0.05, 0) is 5.92 Å². The Kier molecular flexibility index (Phi) is 1.74. The van der Waals surface area contributed by atoms with Gasteiger partial charge in [0, 0.05) is 12.3 Å². The Morgan fingerprint density at radius 1 is 1.86 bits per heavy atom. The summed E-state index contributed by atoms with van der Waals surface area (Å²) in [4.78, 5) is 4.10. The lowest BCUT2D eigenvalue weighted by atomic mass is 10.2. The van der Waals surface area contributed by atoms with Crippen molar-refractivity contribution in [2.24, 2.45) is 10.9 Å². The number of nitrogens with zero attached hydrogens (tertiary/aromatic N) is 1. The summed E-state index contributed by atoms with van der Waals surface area (Å²) >= 11 is 1.81. The van der Waals surface area contributed by atoms with Crippen LogP contribution < -0.4 is 0 Å². The summed E-state index contributed by atoms with van der Waals surface area (Å²) in [6, 6.07) is 0. The molecule has 0 saturated heterocycles. The van der Waals surface area contributed by atoms with Crippen molar-refractivity contribution in [2.75, 3.05) is 12.3 Å². The maximum absolute atomic E-state index is 4.10. The van der Waals surface area contributed by atoms with E-state index in [4.69, 9.17) is 0 Å². The van der Waals surface area contributed by atoms with Crippen molar-refractivity contribution < 1.29 is 0 Å². The molecule has 0 aromatic rings. The van der Waals surface area contributed by atoms with Crippen LogP contribution in [0.4, 0.5) is 0 Å². The van der Waals surface area contributed by atoms with Gasteiger partial charge in [0.25, 0.3) is 0 Å². The van der Waals surface area contributed by atoms with Gasteiger partial charge >= 0.3 is 0 Å². The zero-order valence-electron chi connectivity index (χ0n) is 4.42. The van der Waals surface area contributed by atoms with E-state index in [-0.39, 0.29) is 0 Å². The SMILES string of the molecule is C[C@H]1CN=CSC1. The Labute approximate surface area is 48.2 Å². The first kappa shape index (κ1) is 5.16. The molecule has 0 aromatic heterocycles. The quantitative estimate of drug-likeness (QED) is 0.465. The van der Waals surface area contributed by atoms with Crippen LogP contribution in [0.25, 0.3) is 0 Å². The molecular weight excluding hydrogens is 106 g/mol. The Morgan fingerprint density at radius 3 is 3.00 bits per heavy atom. The summed E-state index contributed by atoms with van der Waals surface area (Å²) in [7, 11) is 0. The highest BCUT2D eigenvalue weighted by Crippen LogP contribution is 2.10. The van der Waals surface area contributed by atoms with Crippen molar-refractivity contribution >= 4 is 17.3 Å². The second kappa shape index (κ2) is 2.36. The zero-order valence-corrected chi connectivity index (χ0v) is 5.24. The first-order valence-electron chi connectivity index (χ1n) is 2.49. The minimum atomic E-state index is 0.801. The molecule has 0 spiro atoms. The van der Waals surface area contributed by atoms with Gasteiger partial charge in [-0.2, -0.15) is 0 Å². The monoisotopic (exact) mass is 115 g/mol. The molecule has 0 aromatic carbocycles. The van der Waals surface area contributed by atoms with E-state index < -0.39 is 0 Å². The molecule has 0 radical (unpaired) electrons. The maximum Gasteiger partial charge on any atom is 0.0541 e. The Hall–Kier alpha value is 0.0200. The van der Waals surface area contributed by atoms with Crippen molar-refractivity contribution in [1.29, 1.82) is 0 Å². The van der Waals surface area contributed by atoms with Crippen LogP contribution in [0.15, 0.2) is 4.99 Å². The van der Waals surface area contributed by atoms with E-state index in [1.165, 1.54) is 5.75 Å². The fourth-order valence-electron chi connectivity index (χ4n) is 0.536. The lowest BCUT2D eigenvalue weighted by Crippen LogP contribution is -2.06. The average Bonchev–Trinajstić information content (AvgIpc) is 1.69. The normalized spacial score (nSPS) is 30.7. The van der Waals surface area contributed by atoms with Crippen molar-refractivity contribution in [2.45, 2.75) is 6.92 Å². The molecule has 1 atom stereocenters. The lowest BCUT2D eigenvalue weighted by molar-refractivity contribution is 0.676. The summed E-state index contributed by atoms with van der Waals surface area (Å²) in [5.41, 5.74) is 1.94. The first-order chi connectivity index (χ1) is 3.39. The van der Waals surface area contributed by atoms with E-state index in [9.17, 15) is 0 Å². The van der Waals surface area contributed by atoms with Crippen molar-refractivity contribution in [3.63, 3.8) is 0 Å². The van der Waals surface area contributed by atoms with Gasteiger partial charge in [-0.1, -0.05) is 6.92 Å². The smallest absolute Gasteiger partial charge is 0.0541 e. The second-order valence-electron chi connectivity index (χ2n) is 1.91. The number of thioether (sulfide) groups is 1. The van der Waals surface area contributed by atoms with Crippen LogP contribution in [0.1, 0.15) is 6.92 Å². The van der Waals surface area contributed by atoms with E-state index in [0.717, 1.165) is 12.5 Å². The average molecular weight is 115 g/mol. The molecule has 0 fully saturated rings. The fourth-order valence-corrected chi connectivity index (χ4v) is 1.25. The zero-order chi connectivity index (χ0) is 5.11. The summed E-state index contributed by atoms with van der Waals surface area (Å²) in [5.74, 6) is 2.05. The third kappa shape index (κ3) is 1.51. The van der Waals surface area contributed by atoms with Gasteiger partial charge in [0.2, 0.25) is 0 Å². The topological polar surface area (TPSA) is 12.4 Å². The Bertz CT molecular complexity index is 80.1. The van der Waals surface area contributed by atoms with Crippen LogP contribution >= 0.6 is 11.8 Å². The number of hydrogen-bond acceptors (Lipinski definition) is 2. The summed E-state index contributed by atoms with van der Waals surface area (Å²) < 4.78 is 0. The second-order valence-corrected chi connectivity index (χ2v) is 2.79. The highest BCUT2D eigenvalue weighted by molar-refractivity contribution is 8.12. The molecule has 0 unspecified atom stereocenters. The van der Waals surface area contributed by atoms with E-state index >= 15 is 0 Å². The molecular formula is C5H9NS. The lowest BCUT2D eigenvalue weighted by Gasteiger charge is -2.08. The van der Waals surface area contributed by atoms with Gasteiger partial charge in [-0.25, -0.2) is 0 Å². The molecule has 7 heavy (non-hydrogen) atoms. The molecule has 1 nitrogen and oxygen atoms in total. The summed E-state index contributed by atoms with van der Waals surface area (Å²) in [6.07, 6.45) is 0. The van der Waals surface area contributed by atoms with Gasteiger partial charge in [0.05, 0.1) is 5.55 Å². The molecule has 0 bridgehead atoms. The van der Waals surface area contributed by atoms with Crippen LogP contribution in [0.3, 0.4) is 0 Å². The number of rotatable bonds is 0. The molecule has 1 aliphatic rings. The van der Waals surface area contributed by atoms with Crippen LogP contribution in [0, 0.1) is 5.92 Å². The molecule has 0 saturated carbocycles. The molecule has 1 aliphatic heterocycles. The molecule has 0 N–H and O–H groups in total. The molecule has 40 valence electrons. The van der Waals surface area contributed by atoms with Crippen LogP contribution in [0.5, 0.6) is 0 Å². The predicted octanol–water partition coefficient (Wildman–Crippen LogP) is 1.40. The highest BCUT2D eigenvalue weighted by atomic mass is 32.2. The van der Waals surface area contributed by atoms with Crippen LogP contribution in [0.2, 0.25) is 0 Å². The largest absolute Gasteiger partial charge is 0.286 e. The molecule has 0 amide bonds. The minimum absolute atomic E-state index is 0.801. The van der Waals surface area contributed by atoms with E-state index in [1.807, 2.05) is 17.3 Å². The molecule has 1 heterocycles. The highest BCUT2D eigenvalue weighted by Gasteiger charge is 2.01. The minimum Gasteiger partial charge on any atom is -0.286 e. The van der Waals surface area contributed by atoms with Crippen LogP contribution in [-0.2, 0) is 0 Å². The standard InChI is InChI=1S/C5H9NS/c1-5-2-6-4-7-3-5/h4-5H,2-3H2,1H3/t5-/m0/s1. The first-order valence-corrected chi connectivity index (χ1v) is 3.54. The summed E-state index contributed by atoms with van der Waals surface area (Å²) in [5, 5.41) is 0. The van der Waals surface area contributed by atoms with Gasteiger partial charge in [0.1, 0.15) is 0 Å². The van der Waals surface area contributed by atoms with Crippen molar-refractivity contribution in [3.05, 3.63) is 0 Å². The number of aliphatic imine (C=N–C) groups is 1. The van der Waals surface area contributed by atoms with Crippen LogP contribution in [-0.4, -0.2) is 17.8 Å². The fraction of sp³-hybridized carbons (Fsp3) is 0.800. The van der Waals surface area contributed by atoms with Gasteiger partial charge in [0.15, 0.2) is 0 Å². The Balaban J connectivity index is 2.32. The van der Waals surface area contributed by atoms with Gasteiger partial charge in [-0.3, -0.25) is 4.99 Å². The molecule has 2 heteroatoms. The van der Waals surface area contributed by atoms with E-state index in [2.05, 4.69) is 11.9 Å². The maximum atomic E-state index is 4.10. The molecule has 0 aliphatic carbocycles. The third-order valence-electron chi connectivity index (χ3n) is 0.947. The predicted molar refractivity (Wildman–Crippen MR) is 35.0 cm³/mol. The number of hydrogen-bond donors (Lipinski definition) is 0. The Morgan fingerprint density at radius 2 is 2.71 bits per heavy atom. The summed E-state index contributed by atoms with van der Waals surface area (Å²) in [6.45, 7) is 3.26. The van der Waals surface area contributed by atoms with Gasteiger partial charge < -0.3 is 0 Å². The third-order valence-corrected chi connectivity index (χ3v) is 2.01. The molecule has 1 rings (SSSR count). The van der Waals surface area contributed by atoms with Crippen molar-refractivity contribution in [1.82, 2.24) is 0 Å². The van der Waals surface area contributed by atoms with Crippen molar-refractivity contribution in [3.8, 4) is 0 Å². The van der Waals surface area contributed by atoms with Gasteiger partial charge in [-0.15, -0.1) is 11.8 Å². The van der Waals surface area contributed by atoms with E-state index in [0.29, 0.717) is 0 Å².